The van der Waals surface area contributed by atoms with E-state index in [1.165, 1.54) is 22.6 Å². The highest BCUT2D eigenvalue weighted by Gasteiger charge is 2.19. The SMILES string of the molecule is C=CSN(c1ccc(Oc2ccc(F)cc2F)c(-c2cn(C)c(=O)c3ccccc23)c1)C(C)C. The van der Waals surface area contributed by atoms with E-state index in [1.807, 2.05) is 30.3 Å². The van der Waals surface area contributed by atoms with Gasteiger partial charge in [-0.25, -0.2) is 8.78 Å². The van der Waals surface area contributed by atoms with Crippen LogP contribution in [0.2, 0.25) is 0 Å². The van der Waals surface area contributed by atoms with E-state index in [1.54, 1.807) is 30.8 Å². The smallest absolute Gasteiger partial charge is 0.258 e. The van der Waals surface area contributed by atoms with Gasteiger partial charge in [-0.1, -0.05) is 24.8 Å². The van der Waals surface area contributed by atoms with Crippen LogP contribution in [0.4, 0.5) is 14.5 Å². The fourth-order valence-corrected chi connectivity index (χ4v) is 4.46. The second-order valence-corrected chi connectivity index (χ2v) is 8.99. The first-order valence-corrected chi connectivity index (χ1v) is 11.6. The molecule has 0 radical (unpaired) electrons. The predicted molar refractivity (Wildman–Crippen MR) is 136 cm³/mol. The summed E-state index contributed by atoms with van der Waals surface area (Å²) in [7, 11) is 1.69. The molecule has 0 saturated heterocycles. The highest BCUT2D eigenvalue weighted by molar-refractivity contribution is 8.03. The Hall–Kier alpha value is -3.58. The molecule has 0 saturated carbocycles. The molecule has 1 aromatic heterocycles. The maximum Gasteiger partial charge on any atom is 0.258 e. The van der Waals surface area contributed by atoms with Gasteiger partial charge in [-0.15, -0.1) is 0 Å². The number of halogens is 2. The summed E-state index contributed by atoms with van der Waals surface area (Å²) in [6, 6.07) is 16.3. The van der Waals surface area contributed by atoms with Crippen molar-refractivity contribution >= 4 is 28.4 Å². The average molecular weight is 479 g/mol. The van der Waals surface area contributed by atoms with Crippen LogP contribution < -0.4 is 14.6 Å². The summed E-state index contributed by atoms with van der Waals surface area (Å²) >= 11 is 1.46. The van der Waals surface area contributed by atoms with Crippen LogP contribution in [-0.2, 0) is 7.05 Å². The average Bonchev–Trinajstić information content (AvgIpc) is 2.82. The third kappa shape index (κ3) is 4.56. The molecule has 4 rings (SSSR count). The number of benzene rings is 3. The number of rotatable bonds is 7. The molecule has 0 fully saturated rings. The van der Waals surface area contributed by atoms with Gasteiger partial charge in [0, 0.05) is 47.6 Å². The number of anilines is 1. The molecule has 4 aromatic rings. The zero-order valence-electron chi connectivity index (χ0n) is 19.1. The van der Waals surface area contributed by atoms with Gasteiger partial charge in [0.15, 0.2) is 11.6 Å². The molecule has 3 aromatic carbocycles. The quantitative estimate of drug-likeness (QED) is 0.261. The third-order valence-electron chi connectivity index (χ3n) is 5.37. The fraction of sp³-hybridized carbons (Fsp3) is 0.148. The van der Waals surface area contributed by atoms with Gasteiger partial charge in [0.25, 0.3) is 5.56 Å². The molecule has 7 heteroatoms. The monoisotopic (exact) mass is 478 g/mol. The molecule has 34 heavy (non-hydrogen) atoms. The molecule has 0 aliphatic carbocycles. The van der Waals surface area contributed by atoms with E-state index in [0.717, 1.165) is 28.8 Å². The molecule has 0 aliphatic rings. The van der Waals surface area contributed by atoms with E-state index in [2.05, 4.69) is 24.7 Å². The lowest BCUT2D eigenvalue weighted by Crippen LogP contribution is -2.22. The lowest BCUT2D eigenvalue weighted by molar-refractivity contribution is 0.439. The Kier molecular flexibility index (Phi) is 6.75. The molecule has 0 N–H and O–H groups in total. The number of hydrogen-bond donors (Lipinski definition) is 0. The number of pyridine rings is 1. The summed E-state index contributed by atoms with van der Waals surface area (Å²) in [6.45, 7) is 7.96. The number of ether oxygens (including phenoxy) is 1. The van der Waals surface area contributed by atoms with Crippen molar-refractivity contribution in [2.24, 2.45) is 7.05 Å². The Balaban J connectivity index is 1.97. The van der Waals surface area contributed by atoms with Crippen LogP contribution in [0, 0.1) is 11.6 Å². The number of aromatic nitrogens is 1. The molecule has 4 nitrogen and oxygen atoms in total. The van der Waals surface area contributed by atoms with Crippen molar-refractivity contribution in [1.82, 2.24) is 4.57 Å². The first-order chi connectivity index (χ1) is 16.3. The lowest BCUT2D eigenvalue weighted by atomic mass is 9.99. The molecular weight excluding hydrogens is 454 g/mol. The number of aryl methyl sites for hydroxylation is 1. The largest absolute Gasteiger partial charge is 0.454 e. The Morgan fingerprint density at radius 2 is 1.71 bits per heavy atom. The van der Waals surface area contributed by atoms with Crippen molar-refractivity contribution in [2.75, 3.05) is 4.31 Å². The van der Waals surface area contributed by atoms with Crippen LogP contribution >= 0.6 is 11.9 Å². The molecule has 0 unspecified atom stereocenters. The fourth-order valence-electron chi connectivity index (χ4n) is 3.82. The molecular formula is C27H24F2N2O2S. The van der Waals surface area contributed by atoms with Crippen LogP contribution in [-0.4, -0.2) is 10.6 Å². The topological polar surface area (TPSA) is 34.5 Å². The summed E-state index contributed by atoms with van der Waals surface area (Å²) in [5.41, 5.74) is 2.20. The second-order valence-electron chi connectivity index (χ2n) is 8.05. The van der Waals surface area contributed by atoms with Gasteiger partial charge in [0.05, 0.1) is 0 Å². The first kappa shape index (κ1) is 23.6. The summed E-state index contributed by atoms with van der Waals surface area (Å²) < 4.78 is 37.4. The van der Waals surface area contributed by atoms with Crippen molar-refractivity contribution in [1.29, 1.82) is 0 Å². The second kappa shape index (κ2) is 9.73. The van der Waals surface area contributed by atoms with Crippen molar-refractivity contribution < 1.29 is 13.5 Å². The van der Waals surface area contributed by atoms with E-state index < -0.39 is 11.6 Å². The van der Waals surface area contributed by atoms with Gasteiger partial charge in [-0.3, -0.25) is 4.79 Å². The van der Waals surface area contributed by atoms with Crippen LogP contribution in [0.15, 0.2) is 83.6 Å². The van der Waals surface area contributed by atoms with Crippen LogP contribution in [0.25, 0.3) is 21.9 Å². The van der Waals surface area contributed by atoms with Crippen LogP contribution in [0.1, 0.15) is 13.8 Å². The Bertz CT molecular complexity index is 1430. The maximum absolute atomic E-state index is 14.4. The zero-order valence-corrected chi connectivity index (χ0v) is 19.9. The predicted octanol–water partition coefficient (Wildman–Crippen LogP) is 7.28. The van der Waals surface area contributed by atoms with Crippen LogP contribution in [0.5, 0.6) is 11.5 Å². The first-order valence-electron chi connectivity index (χ1n) is 10.7. The van der Waals surface area contributed by atoms with Gasteiger partial charge < -0.3 is 13.6 Å². The minimum Gasteiger partial charge on any atom is -0.454 e. The van der Waals surface area contributed by atoms with Crippen molar-refractivity contribution in [2.45, 2.75) is 19.9 Å². The van der Waals surface area contributed by atoms with Crippen molar-refractivity contribution in [3.63, 3.8) is 0 Å². The third-order valence-corrected chi connectivity index (χ3v) is 6.38. The Morgan fingerprint density at radius 3 is 2.38 bits per heavy atom. The number of fused-ring (bicyclic) bond motifs is 1. The lowest BCUT2D eigenvalue weighted by Gasteiger charge is -2.27. The van der Waals surface area contributed by atoms with Crippen molar-refractivity contribution in [3.8, 4) is 22.6 Å². The summed E-state index contributed by atoms with van der Waals surface area (Å²) in [6.07, 6.45) is 1.75. The minimum atomic E-state index is -0.800. The standard InChI is InChI=1S/C27H24F2N2O2S/c1-5-34-31(17(2)3)19-11-13-25(33-26-12-10-18(28)14-24(26)29)22(15-19)23-16-30(4)27(32)21-9-7-6-8-20(21)23/h5-17H,1H2,2-4H3. The Labute approximate surface area is 201 Å². The summed E-state index contributed by atoms with van der Waals surface area (Å²) in [5.74, 6) is -1.19. The molecule has 1 heterocycles. The summed E-state index contributed by atoms with van der Waals surface area (Å²) in [4.78, 5) is 12.7. The van der Waals surface area contributed by atoms with E-state index >= 15 is 0 Å². The number of hydrogen-bond acceptors (Lipinski definition) is 4. The Morgan fingerprint density at radius 1 is 1.00 bits per heavy atom. The van der Waals surface area contributed by atoms with E-state index in [0.29, 0.717) is 16.7 Å². The molecule has 0 aliphatic heterocycles. The van der Waals surface area contributed by atoms with E-state index in [9.17, 15) is 13.6 Å². The highest BCUT2D eigenvalue weighted by atomic mass is 32.2. The normalized spacial score (nSPS) is 11.1. The molecule has 0 amide bonds. The molecule has 0 bridgehead atoms. The maximum atomic E-state index is 14.4. The van der Waals surface area contributed by atoms with Crippen LogP contribution in [0.3, 0.4) is 0 Å². The van der Waals surface area contributed by atoms with Gasteiger partial charge in [-0.05, 0) is 73.0 Å². The molecule has 0 spiro atoms. The van der Waals surface area contributed by atoms with Crippen molar-refractivity contribution in [3.05, 3.63) is 101 Å². The minimum absolute atomic E-state index is 0.0919. The van der Waals surface area contributed by atoms with E-state index in [-0.39, 0.29) is 17.4 Å². The molecule has 0 atom stereocenters. The number of nitrogens with zero attached hydrogens (tertiary/aromatic N) is 2. The molecule has 174 valence electrons. The highest BCUT2D eigenvalue weighted by Crippen LogP contribution is 2.41. The van der Waals surface area contributed by atoms with Gasteiger partial charge in [0.1, 0.15) is 11.6 Å². The van der Waals surface area contributed by atoms with Gasteiger partial charge >= 0.3 is 0 Å². The van der Waals surface area contributed by atoms with E-state index in [4.69, 9.17) is 4.74 Å². The van der Waals surface area contributed by atoms with Gasteiger partial charge in [-0.2, -0.15) is 0 Å². The zero-order chi connectivity index (χ0) is 24.4. The summed E-state index contributed by atoms with van der Waals surface area (Å²) in [5, 5.41) is 3.06. The van der Waals surface area contributed by atoms with Gasteiger partial charge in [0.2, 0.25) is 0 Å².